The average molecular weight is 196 g/mol. The fourth-order valence-corrected chi connectivity index (χ4v) is 1.58. The molecule has 0 aliphatic carbocycles. The van der Waals surface area contributed by atoms with Crippen LogP contribution in [0.5, 0.6) is 0 Å². The van der Waals surface area contributed by atoms with Crippen molar-refractivity contribution in [1.29, 1.82) is 0 Å². The van der Waals surface area contributed by atoms with Crippen LogP contribution in [0.4, 0.5) is 0 Å². The molecule has 2 aromatic rings. The molecule has 2 heterocycles. The first-order valence-electron chi connectivity index (χ1n) is 3.71. The molecule has 0 radical (unpaired) electrons. The Balaban J connectivity index is 3.18. The Hall–Kier alpha value is -1.43. The van der Waals surface area contributed by atoms with Crippen molar-refractivity contribution in [2.75, 3.05) is 0 Å². The molecule has 2 rings (SSSR count). The van der Waals surface area contributed by atoms with Crippen molar-refractivity contribution in [1.82, 2.24) is 19.1 Å². The summed E-state index contributed by atoms with van der Waals surface area (Å²) in [5, 5.41) is 0. The molecule has 68 valence electrons. The Labute approximate surface area is 78.7 Å². The van der Waals surface area contributed by atoms with E-state index in [2.05, 4.69) is 9.97 Å². The van der Waals surface area contributed by atoms with Gasteiger partial charge >= 0.3 is 5.69 Å². The van der Waals surface area contributed by atoms with E-state index in [9.17, 15) is 4.79 Å². The second-order valence-corrected chi connectivity index (χ2v) is 3.25. The molecule has 0 bridgehead atoms. The number of fused-ring (bicyclic) bond motifs is 1. The molecule has 0 spiro atoms. The van der Waals surface area contributed by atoms with Gasteiger partial charge in [-0.05, 0) is 0 Å². The summed E-state index contributed by atoms with van der Waals surface area (Å²) in [5.41, 5.74) is 1.14. The van der Waals surface area contributed by atoms with Crippen LogP contribution in [0.1, 0.15) is 0 Å². The van der Waals surface area contributed by atoms with E-state index in [1.807, 2.05) is 7.05 Å². The number of aryl methyl sites for hydroxylation is 2. The summed E-state index contributed by atoms with van der Waals surface area (Å²) >= 11 is 5.01. The summed E-state index contributed by atoms with van der Waals surface area (Å²) in [6.07, 6.45) is 1.63. The third-order valence-corrected chi connectivity index (χ3v) is 2.27. The highest BCUT2D eigenvalue weighted by atomic mass is 32.1. The van der Waals surface area contributed by atoms with Gasteiger partial charge < -0.3 is 4.57 Å². The summed E-state index contributed by atoms with van der Waals surface area (Å²) in [6.45, 7) is 0. The maximum Gasteiger partial charge on any atom is 0.327 e. The summed E-state index contributed by atoms with van der Waals surface area (Å²) in [5.74, 6) is 0. The van der Waals surface area contributed by atoms with Gasteiger partial charge in [0.25, 0.3) is 0 Å². The third-order valence-electron chi connectivity index (χ3n) is 1.98. The molecule has 0 saturated carbocycles. The van der Waals surface area contributed by atoms with Gasteiger partial charge in [0.2, 0.25) is 0 Å². The first-order chi connectivity index (χ1) is 6.11. The van der Waals surface area contributed by atoms with Crippen molar-refractivity contribution >= 4 is 23.4 Å². The average Bonchev–Trinajstić information content (AvgIpc) is 2.44. The summed E-state index contributed by atoms with van der Waals surface area (Å²) in [4.78, 5) is 17.9. The highest BCUT2D eigenvalue weighted by molar-refractivity contribution is 7.71. The van der Waals surface area contributed by atoms with Gasteiger partial charge in [-0.15, -0.1) is 0 Å². The number of aromatic nitrogens is 4. The van der Waals surface area contributed by atoms with Crippen LogP contribution in [-0.4, -0.2) is 19.1 Å². The van der Waals surface area contributed by atoms with Gasteiger partial charge in [-0.25, -0.2) is 9.78 Å². The number of aromatic amines is 1. The number of rotatable bonds is 0. The molecule has 0 fully saturated rings. The molecule has 0 amide bonds. The van der Waals surface area contributed by atoms with Crippen LogP contribution in [0, 0.1) is 4.64 Å². The third kappa shape index (κ3) is 1.02. The normalized spacial score (nSPS) is 10.9. The molecule has 13 heavy (non-hydrogen) atoms. The van der Waals surface area contributed by atoms with E-state index in [1.54, 1.807) is 17.9 Å². The first kappa shape index (κ1) is 8.18. The molecular weight excluding hydrogens is 188 g/mol. The predicted octanol–water partition coefficient (Wildman–Crippen LogP) is 0.330. The van der Waals surface area contributed by atoms with Crippen LogP contribution in [0.15, 0.2) is 11.1 Å². The minimum Gasteiger partial charge on any atom is -0.330 e. The molecule has 0 saturated heterocycles. The lowest BCUT2D eigenvalue weighted by atomic mass is 10.5. The standard InChI is InChI=1S/C7H8N4OS/c1-10-3-8-5-4(10)6(13)9-7(12)11(5)2/h3H,1-2H3,(H,9,12,13). The number of nitrogens with one attached hydrogen (secondary N) is 1. The van der Waals surface area contributed by atoms with Gasteiger partial charge in [-0.2, -0.15) is 0 Å². The van der Waals surface area contributed by atoms with Gasteiger partial charge in [-0.3, -0.25) is 9.55 Å². The smallest absolute Gasteiger partial charge is 0.327 e. The molecular formula is C7H8N4OS. The lowest BCUT2D eigenvalue weighted by Gasteiger charge is -1.98. The van der Waals surface area contributed by atoms with E-state index >= 15 is 0 Å². The monoisotopic (exact) mass is 196 g/mol. The maximum atomic E-state index is 11.3. The maximum absolute atomic E-state index is 11.3. The van der Waals surface area contributed by atoms with E-state index in [0.717, 1.165) is 5.52 Å². The van der Waals surface area contributed by atoms with E-state index in [0.29, 0.717) is 10.3 Å². The Morgan fingerprint density at radius 1 is 1.54 bits per heavy atom. The van der Waals surface area contributed by atoms with Gasteiger partial charge in [-0.1, -0.05) is 12.2 Å². The molecule has 2 aromatic heterocycles. The Kier molecular flexibility index (Phi) is 1.59. The molecule has 0 aliphatic heterocycles. The molecule has 1 N–H and O–H groups in total. The van der Waals surface area contributed by atoms with Crippen LogP contribution in [-0.2, 0) is 14.1 Å². The molecule has 0 atom stereocenters. The van der Waals surface area contributed by atoms with E-state index in [-0.39, 0.29) is 5.69 Å². The van der Waals surface area contributed by atoms with Gasteiger partial charge in [0, 0.05) is 14.1 Å². The molecule has 0 aromatic carbocycles. The van der Waals surface area contributed by atoms with Crippen LogP contribution < -0.4 is 5.69 Å². The second kappa shape index (κ2) is 2.53. The number of imidazole rings is 1. The Bertz CT molecular complexity index is 576. The fraction of sp³-hybridized carbons (Fsp3) is 0.286. The molecule has 0 aliphatic rings. The van der Waals surface area contributed by atoms with Crippen LogP contribution in [0.2, 0.25) is 0 Å². The summed E-state index contributed by atoms with van der Waals surface area (Å²) in [6, 6.07) is 0. The zero-order valence-corrected chi connectivity index (χ0v) is 8.05. The number of nitrogens with zero attached hydrogens (tertiary/aromatic N) is 3. The number of H-pyrrole nitrogens is 1. The lowest BCUT2D eigenvalue weighted by molar-refractivity contribution is 0.836. The van der Waals surface area contributed by atoms with Gasteiger partial charge in [0.15, 0.2) is 5.65 Å². The minimum atomic E-state index is -0.240. The molecule has 0 unspecified atom stereocenters. The zero-order valence-electron chi connectivity index (χ0n) is 7.24. The highest BCUT2D eigenvalue weighted by Gasteiger charge is 2.05. The van der Waals surface area contributed by atoms with Gasteiger partial charge in [0.1, 0.15) is 10.2 Å². The van der Waals surface area contributed by atoms with Crippen LogP contribution in [0.3, 0.4) is 0 Å². The largest absolute Gasteiger partial charge is 0.330 e. The predicted molar refractivity (Wildman–Crippen MR) is 51.1 cm³/mol. The first-order valence-corrected chi connectivity index (χ1v) is 4.12. The minimum absolute atomic E-state index is 0.240. The fourth-order valence-electron chi connectivity index (χ4n) is 1.26. The van der Waals surface area contributed by atoms with Crippen molar-refractivity contribution in [2.24, 2.45) is 14.1 Å². The lowest BCUT2D eigenvalue weighted by Crippen LogP contribution is -2.20. The van der Waals surface area contributed by atoms with Crippen molar-refractivity contribution in [3.05, 3.63) is 21.5 Å². The van der Waals surface area contributed by atoms with Crippen LogP contribution in [0.25, 0.3) is 11.2 Å². The van der Waals surface area contributed by atoms with Crippen LogP contribution >= 0.6 is 12.2 Å². The highest BCUT2D eigenvalue weighted by Crippen LogP contribution is 2.07. The van der Waals surface area contributed by atoms with E-state index in [4.69, 9.17) is 12.2 Å². The Morgan fingerprint density at radius 2 is 2.23 bits per heavy atom. The summed E-state index contributed by atoms with van der Waals surface area (Å²) in [7, 11) is 3.49. The van der Waals surface area contributed by atoms with E-state index in [1.165, 1.54) is 4.57 Å². The van der Waals surface area contributed by atoms with Crippen molar-refractivity contribution in [2.45, 2.75) is 0 Å². The number of hydrogen-bond acceptors (Lipinski definition) is 3. The second-order valence-electron chi connectivity index (χ2n) is 2.85. The SMILES string of the molecule is Cn1cnc2c1c(=S)[nH]c(=O)n2C. The number of hydrogen-bond donors (Lipinski definition) is 1. The van der Waals surface area contributed by atoms with Crippen molar-refractivity contribution in [3.8, 4) is 0 Å². The van der Waals surface area contributed by atoms with Gasteiger partial charge in [0.05, 0.1) is 6.33 Å². The quantitative estimate of drug-likeness (QED) is 0.618. The Morgan fingerprint density at radius 3 is 2.92 bits per heavy atom. The molecule has 6 heteroatoms. The van der Waals surface area contributed by atoms with Crippen molar-refractivity contribution in [3.63, 3.8) is 0 Å². The topological polar surface area (TPSA) is 55.6 Å². The van der Waals surface area contributed by atoms with Crippen molar-refractivity contribution < 1.29 is 0 Å². The zero-order chi connectivity index (χ0) is 9.59. The van der Waals surface area contributed by atoms with E-state index < -0.39 is 0 Å². The molecule has 5 nitrogen and oxygen atoms in total. The summed E-state index contributed by atoms with van der Waals surface area (Å²) < 4.78 is 3.65.